The highest BCUT2D eigenvalue weighted by molar-refractivity contribution is 4.73. The highest BCUT2D eigenvalue weighted by Gasteiger charge is 2.24. The molecule has 3 nitrogen and oxygen atoms in total. The third kappa shape index (κ3) is 5.84. The van der Waals surface area contributed by atoms with Crippen LogP contribution in [0, 0.1) is 0 Å². The van der Waals surface area contributed by atoms with Crippen molar-refractivity contribution >= 4 is 0 Å². The summed E-state index contributed by atoms with van der Waals surface area (Å²) < 4.78 is 11.6. The zero-order chi connectivity index (χ0) is 12.7. The molecule has 1 saturated heterocycles. The van der Waals surface area contributed by atoms with Gasteiger partial charge >= 0.3 is 0 Å². The Morgan fingerprint density at radius 2 is 1.76 bits per heavy atom. The van der Waals surface area contributed by atoms with E-state index in [-0.39, 0.29) is 0 Å². The van der Waals surface area contributed by atoms with Crippen LogP contribution in [0.1, 0.15) is 53.4 Å². The maximum atomic E-state index is 5.92. The maximum Gasteiger partial charge on any atom is 0.0625 e. The zero-order valence-electron chi connectivity index (χ0n) is 11.9. The van der Waals surface area contributed by atoms with Crippen LogP contribution in [0.4, 0.5) is 0 Å². The summed E-state index contributed by atoms with van der Waals surface area (Å²) in [5.74, 6) is 0. The van der Waals surface area contributed by atoms with E-state index < -0.39 is 0 Å². The first-order valence-corrected chi connectivity index (χ1v) is 7.16. The fourth-order valence-electron chi connectivity index (χ4n) is 2.55. The molecule has 0 amide bonds. The highest BCUT2D eigenvalue weighted by atomic mass is 16.5. The molecule has 0 radical (unpaired) electrons. The lowest BCUT2D eigenvalue weighted by Crippen LogP contribution is -2.36. The van der Waals surface area contributed by atoms with Crippen LogP contribution in [0.5, 0.6) is 0 Å². The Balaban J connectivity index is 2.09. The molecule has 17 heavy (non-hydrogen) atoms. The molecule has 1 heterocycles. The molecule has 0 aromatic carbocycles. The van der Waals surface area contributed by atoms with Crippen molar-refractivity contribution in [1.29, 1.82) is 0 Å². The van der Waals surface area contributed by atoms with E-state index in [4.69, 9.17) is 9.47 Å². The number of rotatable bonds is 7. The van der Waals surface area contributed by atoms with Gasteiger partial charge in [-0.25, -0.2) is 0 Å². The van der Waals surface area contributed by atoms with E-state index in [0.29, 0.717) is 24.4 Å². The Kier molecular flexibility index (Phi) is 7.09. The smallest absolute Gasteiger partial charge is 0.0625 e. The van der Waals surface area contributed by atoms with Crippen molar-refractivity contribution < 1.29 is 9.47 Å². The molecule has 0 aliphatic carbocycles. The number of hydrogen-bond donors (Lipinski definition) is 1. The molecule has 1 fully saturated rings. The van der Waals surface area contributed by atoms with E-state index in [2.05, 4.69) is 33.0 Å². The van der Waals surface area contributed by atoms with Gasteiger partial charge in [-0.1, -0.05) is 13.8 Å². The molecule has 1 rings (SSSR count). The van der Waals surface area contributed by atoms with Crippen molar-refractivity contribution in [2.75, 3.05) is 13.2 Å². The second-order valence-electron chi connectivity index (χ2n) is 5.19. The van der Waals surface area contributed by atoms with Gasteiger partial charge in [-0.3, -0.25) is 0 Å². The second-order valence-corrected chi connectivity index (χ2v) is 5.19. The Morgan fingerprint density at radius 1 is 1.18 bits per heavy atom. The van der Waals surface area contributed by atoms with Crippen LogP contribution in [0.25, 0.3) is 0 Å². The summed E-state index contributed by atoms with van der Waals surface area (Å²) >= 11 is 0. The van der Waals surface area contributed by atoms with Crippen LogP contribution in [-0.2, 0) is 9.47 Å². The third-order valence-electron chi connectivity index (χ3n) is 3.53. The largest absolute Gasteiger partial charge is 0.377 e. The minimum absolute atomic E-state index is 0.343. The summed E-state index contributed by atoms with van der Waals surface area (Å²) in [5.41, 5.74) is 0. The first-order valence-electron chi connectivity index (χ1n) is 7.16. The van der Waals surface area contributed by atoms with Gasteiger partial charge in [0.1, 0.15) is 0 Å². The molecular formula is C14H29NO2. The summed E-state index contributed by atoms with van der Waals surface area (Å²) in [4.78, 5) is 0. The standard InChI is InChI=1S/C14H29NO2/c1-5-13(6-2)15-7-8-16-14-9-11(3)17-12(4)10-14/h11-15H,5-10H2,1-4H3. The minimum Gasteiger partial charge on any atom is -0.377 e. The summed E-state index contributed by atoms with van der Waals surface area (Å²) in [6, 6.07) is 0.645. The number of hydrogen-bond acceptors (Lipinski definition) is 3. The van der Waals surface area contributed by atoms with Crippen molar-refractivity contribution in [3.05, 3.63) is 0 Å². The van der Waals surface area contributed by atoms with Crippen molar-refractivity contribution in [2.45, 2.75) is 77.7 Å². The van der Waals surface area contributed by atoms with Crippen LogP contribution in [0.15, 0.2) is 0 Å². The molecule has 102 valence electrons. The van der Waals surface area contributed by atoms with E-state index in [1.165, 1.54) is 12.8 Å². The summed E-state index contributed by atoms with van der Waals surface area (Å²) in [6.45, 7) is 10.5. The van der Waals surface area contributed by atoms with Gasteiger partial charge in [-0.15, -0.1) is 0 Å². The summed E-state index contributed by atoms with van der Waals surface area (Å²) in [5, 5.41) is 3.52. The lowest BCUT2D eigenvalue weighted by molar-refractivity contribution is -0.101. The van der Waals surface area contributed by atoms with Crippen LogP contribution in [-0.4, -0.2) is 37.5 Å². The molecule has 1 aliphatic heterocycles. The first-order chi connectivity index (χ1) is 8.15. The molecule has 0 bridgehead atoms. The molecule has 0 spiro atoms. The Labute approximate surface area is 106 Å². The quantitative estimate of drug-likeness (QED) is 0.697. The van der Waals surface area contributed by atoms with Gasteiger partial charge in [-0.05, 0) is 39.5 Å². The van der Waals surface area contributed by atoms with E-state index in [0.717, 1.165) is 26.0 Å². The highest BCUT2D eigenvalue weighted by Crippen LogP contribution is 2.21. The molecule has 2 unspecified atom stereocenters. The molecule has 0 aromatic heterocycles. The Morgan fingerprint density at radius 3 is 2.29 bits per heavy atom. The van der Waals surface area contributed by atoms with Crippen LogP contribution < -0.4 is 5.32 Å². The molecule has 0 saturated carbocycles. The molecule has 1 aliphatic rings. The third-order valence-corrected chi connectivity index (χ3v) is 3.53. The normalized spacial score (nSPS) is 29.8. The van der Waals surface area contributed by atoms with E-state index in [9.17, 15) is 0 Å². The number of nitrogens with one attached hydrogen (secondary N) is 1. The van der Waals surface area contributed by atoms with Gasteiger partial charge in [0.15, 0.2) is 0 Å². The molecule has 0 aromatic rings. The average molecular weight is 243 g/mol. The van der Waals surface area contributed by atoms with E-state index >= 15 is 0 Å². The summed E-state index contributed by atoms with van der Waals surface area (Å²) in [7, 11) is 0. The first kappa shape index (κ1) is 14.9. The second kappa shape index (κ2) is 8.06. The van der Waals surface area contributed by atoms with Crippen LogP contribution >= 0.6 is 0 Å². The van der Waals surface area contributed by atoms with Crippen LogP contribution in [0.3, 0.4) is 0 Å². The lowest BCUT2D eigenvalue weighted by atomic mass is 10.0. The van der Waals surface area contributed by atoms with Crippen molar-refractivity contribution in [3.63, 3.8) is 0 Å². The molecular weight excluding hydrogens is 214 g/mol. The SMILES string of the molecule is CCC(CC)NCCOC1CC(C)OC(C)C1. The Bertz CT molecular complexity index is 185. The van der Waals surface area contributed by atoms with Gasteiger partial charge < -0.3 is 14.8 Å². The fourth-order valence-corrected chi connectivity index (χ4v) is 2.55. The Hall–Kier alpha value is -0.120. The van der Waals surface area contributed by atoms with E-state index in [1.807, 2.05) is 0 Å². The predicted octanol–water partition coefficient (Wildman–Crippen LogP) is 2.74. The zero-order valence-corrected chi connectivity index (χ0v) is 11.9. The molecule has 2 atom stereocenters. The monoisotopic (exact) mass is 243 g/mol. The minimum atomic E-state index is 0.343. The van der Waals surface area contributed by atoms with Crippen molar-refractivity contribution in [3.8, 4) is 0 Å². The van der Waals surface area contributed by atoms with Gasteiger partial charge in [0, 0.05) is 12.6 Å². The molecule has 3 heteroatoms. The molecule has 1 N–H and O–H groups in total. The topological polar surface area (TPSA) is 30.5 Å². The van der Waals surface area contributed by atoms with Crippen LogP contribution in [0.2, 0.25) is 0 Å². The van der Waals surface area contributed by atoms with Crippen molar-refractivity contribution in [1.82, 2.24) is 5.32 Å². The predicted molar refractivity (Wildman–Crippen MR) is 71.4 cm³/mol. The number of ether oxygens (including phenoxy) is 2. The lowest BCUT2D eigenvalue weighted by Gasteiger charge is -2.32. The van der Waals surface area contributed by atoms with Gasteiger partial charge in [0.25, 0.3) is 0 Å². The van der Waals surface area contributed by atoms with E-state index in [1.54, 1.807) is 0 Å². The van der Waals surface area contributed by atoms with Gasteiger partial charge in [-0.2, -0.15) is 0 Å². The van der Waals surface area contributed by atoms with Gasteiger partial charge in [0.2, 0.25) is 0 Å². The fraction of sp³-hybridized carbons (Fsp3) is 1.00. The summed E-state index contributed by atoms with van der Waals surface area (Å²) in [6.07, 6.45) is 5.54. The van der Waals surface area contributed by atoms with Gasteiger partial charge in [0.05, 0.1) is 24.9 Å². The maximum absolute atomic E-state index is 5.92. The van der Waals surface area contributed by atoms with Crippen molar-refractivity contribution in [2.24, 2.45) is 0 Å². The average Bonchev–Trinajstić information content (AvgIpc) is 2.28.